The van der Waals surface area contributed by atoms with E-state index in [1.807, 2.05) is 48.5 Å². The molecule has 32 heavy (non-hydrogen) atoms. The van der Waals surface area contributed by atoms with Crippen LogP contribution in [-0.4, -0.2) is 6.54 Å². The Morgan fingerprint density at radius 3 is 1.78 bits per heavy atom. The maximum atomic E-state index is 8.85. The van der Waals surface area contributed by atoms with Crippen molar-refractivity contribution in [3.63, 3.8) is 0 Å². The molecule has 0 saturated carbocycles. The summed E-state index contributed by atoms with van der Waals surface area (Å²) in [7, 11) is 0. The molecule has 1 aliphatic rings. The molecule has 0 fully saturated rings. The second-order valence-electron chi connectivity index (χ2n) is 7.45. The standard InChI is InChI=1S/C27H21N3O2/c28-17-21-7-4-16-27(26(21)20-5-2-1-3-6-20,22-8-12-24(13-9-22)31-18-29)23-10-14-25(15-11-23)32-19-30/h1-16,26H,17,28H2. The molecule has 0 amide bonds. The molecule has 156 valence electrons. The fraction of sp³-hybridized carbons (Fsp3) is 0.111. The van der Waals surface area contributed by atoms with Gasteiger partial charge in [-0.15, -0.1) is 10.5 Å². The topological polar surface area (TPSA) is 92.1 Å². The van der Waals surface area contributed by atoms with Crippen molar-refractivity contribution in [3.05, 3.63) is 119 Å². The normalized spacial score (nSPS) is 16.3. The predicted octanol–water partition coefficient (Wildman–Crippen LogP) is 4.93. The Morgan fingerprint density at radius 1 is 0.781 bits per heavy atom. The third-order valence-corrected chi connectivity index (χ3v) is 5.86. The van der Waals surface area contributed by atoms with Crippen molar-refractivity contribution in [1.29, 1.82) is 10.5 Å². The van der Waals surface area contributed by atoms with Crippen LogP contribution in [0.5, 0.6) is 11.5 Å². The van der Waals surface area contributed by atoms with Crippen LogP contribution in [0.1, 0.15) is 22.6 Å². The summed E-state index contributed by atoms with van der Waals surface area (Å²) in [6, 6.07) is 25.4. The van der Waals surface area contributed by atoms with Crippen LogP contribution in [0.2, 0.25) is 0 Å². The summed E-state index contributed by atoms with van der Waals surface area (Å²) in [5, 5.41) is 17.7. The van der Waals surface area contributed by atoms with Gasteiger partial charge in [0.25, 0.3) is 12.5 Å². The van der Waals surface area contributed by atoms with Gasteiger partial charge in [0.15, 0.2) is 0 Å². The monoisotopic (exact) mass is 419 g/mol. The fourth-order valence-electron chi connectivity index (χ4n) is 4.51. The van der Waals surface area contributed by atoms with E-state index < -0.39 is 5.41 Å². The minimum atomic E-state index is -0.568. The van der Waals surface area contributed by atoms with Gasteiger partial charge in [-0.1, -0.05) is 72.8 Å². The number of ether oxygens (including phenoxy) is 2. The molecule has 3 aromatic carbocycles. The Balaban J connectivity index is 1.96. The highest BCUT2D eigenvalue weighted by Gasteiger charge is 2.43. The first-order valence-corrected chi connectivity index (χ1v) is 10.2. The molecule has 0 bridgehead atoms. The number of rotatable bonds is 6. The number of benzene rings is 3. The summed E-state index contributed by atoms with van der Waals surface area (Å²) in [5.41, 5.74) is 9.96. The zero-order chi connectivity index (χ0) is 22.4. The van der Waals surface area contributed by atoms with Crippen LogP contribution in [0.3, 0.4) is 0 Å². The van der Waals surface area contributed by atoms with Crippen molar-refractivity contribution in [2.45, 2.75) is 11.3 Å². The molecule has 0 radical (unpaired) electrons. The lowest BCUT2D eigenvalue weighted by Gasteiger charge is -2.43. The molecule has 0 heterocycles. The number of nitrogens with zero attached hydrogens (tertiary/aromatic N) is 2. The molecule has 0 aliphatic heterocycles. The minimum Gasteiger partial charge on any atom is -0.388 e. The smallest absolute Gasteiger partial charge is 0.292 e. The van der Waals surface area contributed by atoms with Gasteiger partial charge in [0, 0.05) is 17.9 Å². The third-order valence-electron chi connectivity index (χ3n) is 5.86. The number of nitrogens with two attached hydrogens (primary N) is 1. The number of hydrogen-bond donors (Lipinski definition) is 1. The van der Waals surface area contributed by atoms with Gasteiger partial charge in [-0.3, -0.25) is 0 Å². The van der Waals surface area contributed by atoms with Crippen molar-refractivity contribution in [3.8, 4) is 24.0 Å². The molecule has 1 atom stereocenters. The van der Waals surface area contributed by atoms with Crippen LogP contribution in [0.25, 0.3) is 0 Å². The summed E-state index contributed by atoms with van der Waals surface area (Å²) >= 11 is 0. The zero-order valence-corrected chi connectivity index (χ0v) is 17.3. The minimum absolute atomic E-state index is 0.0517. The van der Waals surface area contributed by atoms with Gasteiger partial charge in [-0.05, 0) is 46.5 Å². The van der Waals surface area contributed by atoms with Gasteiger partial charge in [0.2, 0.25) is 0 Å². The fourth-order valence-corrected chi connectivity index (χ4v) is 4.51. The predicted molar refractivity (Wildman–Crippen MR) is 122 cm³/mol. The Kier molecular flexibility index (Phi) is 6.03. The second-order valence-corrected chi connectivity index (χ2v) is 7.45. The largest absolute Gasteiger partial charge is 0.388 e. The van der Waals surface area contributed by atoms with E-state index >= 15 is 0 Å². The van der Waals surface area contributed by atoms with E-state index in [0.29, 0.717) is 18.0 Å². The van der Waals surface area contributed by atoms with E-state index in [9.17, 15) is 0 Å². The van der Waals surface area contributed by atoms with Gasteiger partial charge < -0.3 is 15.2 Å². The average molecular weight is 419 g/mol. The zero-order valence-electron chi connectivity index (χ0n) is 17.3. The van der Waals surface area contributed by atoms with Crippen molar-refractivity contribution in [1.82, 2.24) is 0 Å². The van der Waals surface area contributed by atoms with Crippen LogP contribution in [0.4, 0.5) is 0 Å². The van der Waals surface area contributed by atoms with Crippen LogP contribution in [0.15, 0.2) is 103 Å². The molecule has 5 heteroatoms. The maximum absolute atomic E-state index is 8.85. The number of hydrogen-bond acceptors (Lipinski definition) is 5. The lowest BCUT2D eigenvalue weighted by Crippen LogP contribution is -2.37. The van der Waals surface area contributed by atoms with Crippen molar-refractivity contribution in [2.75, 3.05) is 6.54 Å². The van der Waals surface area contributed by atoms with Gasteiger partial charge in [0.05, 0.1) is 0 Å². The first-order chi connectivity index (χ1) is 15.7. The molecule has 5 nitrogen and oxygen atoms in total. The van der Waals surface area contributed by atoms with E-state index in [-0.39, 0.29) is 5.92 Å². The molecular weight excluding hydrogens is 398 g/mol. The summed E-state index contributed by atoms with van der Waals surface area (Å²) < 4.78 is 9.98. The summed E-state index contributed by atoms with van der Waals surface area (Å²) in [6.45, 7) is 0.414. The first-order valence-electron chi connectivity index (χ1n) is 10.2. The molecule has 0 saturated heterocycles. The highest BCUT2D eigenvalue weighted by molar-refractivity contribution is 5.57. The second kappa shape index (κ2) is 9.22. The Bertz CT molecular complexity index is 1160. The molecule has 0 aromatic heterocycles. The van der Waals surface area contributed by atoms with Gasteiger partial charge in [-0.25, -0.2) is 0 Å². The molecule has 1 unspecified atom stereocenters. The van der Waals surface area contributed by atoms with Gasteiger partial charge >= 0.3 is 0 Å². The van der Waals surface area contributed by atoms with Gasteiger partial charge in [-0.2, -0.15) is 0 Å². The van der Waals surface area contributed by atoms with Crippen LogP contribution in [-0.2, 0) is 5.41 Å². The molecule has 0 spiro atoms. The Morgan fingerprint density at radius 2 is 1.31 bits per heavy atom. The van der Waals surface area contributed by atoms with E-state index in [0.717, 1.165) is 22.3 Å². The first kappa shape index (κ1) is 20.9. The summed E-state index contributed by atoms with van der Waals surface area (Å²) in [5.74, 6) is 0.911. The quantitative estimate of drug-likeness (QED) is 0.572. The van der Waals surface area contributed by atoms with E-state index in [1.54, 1.807) is 36.8 Å². The Labute approximate surface area is 187 Å². The Hall–Kier alpha value is -4.32. The summed E-state index contributed by atoms with van der Waals surface area (Å²) in [4.78, 5) is 0. The number of nitriles is 2. The van der Waals surface area contributed by atoms with Crippen LogP contribution >= 0.6 is 0 Å². The van der Waals surface area contributed by atoms with Crippen LogP contribution in [0, 0.1) is 23.0 Å². The van der Waals surface area contributed by atoms with Crippen molar-refractivity contribution >= 4 is 0 Å². The molecular formula is C27H21N3O2. The lowest BCUT2D eigenvalue weighted by atomic mass is 9.59. The van der Waals surface area contributed by atoms with E-state index in [1.165, 1.54) is 0 Å². The lowest BCUT2D eigenvalue weighted by molar-refractivity contribution is 0.500. The van der Waals surface area contributed by atoms with Crippen LogP contribution < -0.4 is 15.2 Å². The summed E-state index contributed by atoms with van der Waals surface area (Å²) in [6.07, 6.45) is 9.73. The SMILES string of the molecule is N#COc1ccc(C2(c3ccc(OC#N)cc3)C=CC=C(CN)C2c2ccccc2)cc1. The molecule has 1 aliphatic carbocycles. The molecule has 2 N–H and O–H groups in total. The average Bonchev–Trinajstić information content (AvgIpc) is 2.85. The van der Waals surface area contributed by atoms with Crippen molar-refractivity contribution in [2.24, 2.45) is 5.73 Å². The van der Waals surface area contributed by atoms with E-state index in [4.69, 9.17) is 25.7 Å². The van der Waals surface area contributed by atoms with Gasteiger partial charge in [0.1, 0.15) is 11.5 Å². The highest BCUT2D eigenvalue weighted by Crippen LogP contribution is 2.51. The van der Waals surface area contributed by atoms with Crippen molar-refractivity contribution < 1.29 is 9.47 Å². The van der Waals surface area contributed by atoms with E-state index in [2.05, 4.69) is 24.3 Å². The third kappa shape index (κ3) is 3.74. The number of allylic oxidation sites excluding steroid dienone is 3. The maximum Gasteiger partial charge on any atom is 0.292 e. The molecule has 4 rings (SSSR count). The highest BCUT2D eigenvalue weighted by atomic mass is 16.5. The molecule has 3 aromatic rings.